The molecular formula is C20H31KO7S. The van der Waals surface area contributed by atoms with E-state index >= 15 is 0 Å². The average Bonchev–Trinajstić information content (AvgIpc) is 2.63. The number of ether oxygens (including phenoxy) is 2. The molecule has 0 bridgehead atoms. The van der Waals surface area contributed by atoms with Gasteiger partial charge in [-0.3, -0.25) is 4.55 Å². The Morgan fingerprint density at radius 3 is 1.93 bits per heavy atom. The number of hydrogen-bond donors (Lipinski definition) is 1. The topological polar surface area (TPSA) is 107 Å². The largest absolute Gasteiger partial charge is 1.00 e. The van der Waals surface area contributed by atoms with Crippen LogP contribution >= 0.6 is 0 Å². The van der Waals surface area contributed by atoms with E-state index in [9.17, 15) is 22.6 Å². The van der Waals surface area contributed by atoms with Gasteiger partial charge in [0.25, 0.3) is 10.1 Å². The molecule has 2 unspecified atom stereocenters. The van der Waals surface area contributed by atoms with Crippen molar-refractivity contribution in [1.29, 1.82) is 0 Å². The minimum absolute atomic E-state index is 0. The Bertz CT molecular complexity index is 783. The van der Waals surface area contributed by atoms with Crippen LogP contribution in [0.4, 0.5) is 0 Å². The van der Waals surface area contributed by atoms with Crippen molar-refractivity contribution in [1.82, 2.24) is 0 Å². The summed E-state index contributed by atoms with van der Waals surface area (Å²) in [6, 6.07) is 3.38. The van der Waals surface area contributed by atoms with Crippen molar-refractivity contribution in [2.75, 3.05) is 13.2 Å². The van der Waals surface area contributed by atoms with Crippen LogP contribution in [0, 0.1) is 11.8 Å². The van der Waals surface area contributed by atoms with Gasteiger partial charge in [0.2, 0.25) is 0 Å². The summed E-state index contributed by atoms with van der Waals surface area (Å²) in [6.07, 6.45) is 3.65. The molecular weight excluding hydrogens is 423 g/mol. The minimum Gasteiger partial charge on any atom is -1.00 e. The van der Waals surface area contributed by atoms with Crippen LogP contribution in [0.25, 0.3) is 0 Å². The molecule has 0 amide bonds. The second kappa shape index (κ2) is 13.9. The third-order valence-corrected chi connectivity index (χ3v) is 5.17. The van der Waals surface area contributed by atoms with Crippen molar-refractivity contribution < 1.29 is 84.8 Å². The first-order valence-corrected chi connectivity index (χ1v) is 11.0. The summed E-state index contributed by atoms with van der Waals surface area (Å²) in [5, 5.41) is 0. The quantitative estimate of drug-likeness (QED) is 0.304. The molecule has 0 saturated heterocycles. The van der Waals surface area contributed by atoms with Crippen molar-refractivity contribution in [3.05, 3.63) is 29.3 Å². The summed E-state index contributed by atoms with van der Waals surface area (Å²) in [6.45, 7) is 8.23. The Kier molecular flexibility index (Phi) is 13.8. The van der Waals surface area contributed by atoms with Gasteiger partial charge in [-0.05, 0) is 42.9 Å². The van der Waals surface area contributed by atoms with Crippen LogP contribution in [0.1, 0.15) is 75.5 Å². The molecule has 0 radical (unpaired) electrons. The summed E-state index contributed by atoms with van der Waals surface area (Å²) in [4.78, 5) is 23.8. The number of benzene rings is 1. The SMILES string of the molecule is CCCC(C)COC(=O)c1ccc(C(=O)OCC(C)CCC)c(S(=O)(=O)O)c1.[H-].[K+]. The minimum atomic E-state index is -4.73. The Balaban J connectivity index is 0. The first kappa shape index (κ1) is 28.7. The predicted molar refractivity (Wildman–Crippen MR) is 106 cm³/mol. The van der Waals surface area contributed by atoms with Crippen LogP contribution in [0.5, 0.6) is 0 Å². The van der Waals surface area contributed by atoms with Gasteiger partial charge in [-0.15, -0.1) is 0 Å². The van der Waals surface area contributed by atoms with E-state index in [1.807, 2.05) is 27.7 Å². The van der Waals surface area contributed by atoms with E-state index in [2.05, 4.69) is 0 Å². The summed E-state index contributed by atoms with van der Waals surface area (Å²) >= 11 is 0. The van der Waals surface area contributed by atoms with Crippen LogP contribution < -0.4 is 51.4 Å². The molecule has 160 valence electrons. The van der Waals surface area contributed by atoms with E-state index in [4.69, 9.17) is 9.47 Å². The fourth-order valence-corrected chi connectivity index (χ4v) is 3.49. The van der Waals surface area contributed by atoms with E-state index in [1.54, 1.807) is 0 Å². The fraction of sp³-hybridized carbons (Fsp3) is 0.600. The van der Waals surface area contributed by atoms with Crippen molar-refractivity contribution >= 4 is 22.1 Å². The molecule has 0 fully saturated rings. The van der Waals surface area contributed by atoms with Crippen LogP contribution in [-0.2, 0) is 19.6 Å². The zero-order chi connectivity index (χ0) is 21.3. The second-order valence-corrected chi connectivity index (χ2v) is 8.56. The van der Waals surface area contributed by atoms with Crippen LogP contribution in [0.2, 0.25) is 0 Å². The van der Waals surface area contributed by atoms with Gasteiger partial charge in [0, 0.05) is 0 Å². The first-order chi connectivity index (χ1) is 13.1. The monoisotopic (exact) mass is 454 g/mol. The second-order valence-electron chi connectivity index (χ2n) is 7.17. The van der Waals surface area contributed by atoms with Gasteiger partial charge in [0.1, 0.15) is 4.90 Å². The number of carbonyl (C=O) groups excluding carboxylic acids is 2. The number of rotatable bonds is 11. The third-order valence-electron chi connectivity index (χ3n) is 4.28. The molecule has 1 rings (SSSR count). The fourth-order valence-electron chi connectivity index (χ4n) is 2.78. The molecule has 9 heteroatoms. The van der Waals surface area contributed by atoms with Crippen LogP contribution in [0.3, 0.4) is 0 Å². The maximum atomic E-state index is 12.3. The molecule has 0 aliphatic carbocycles. The molecule has 29 heavy (non-hydrogen) atoms. The Morgan fingerprint density at radius 2 is 1.48 bits per heavy atom. The Hall–Kier alpha value is -0.294. The van der Waals surface area contributed by atoms with E-state index < -0.39 is 27.0 Å². The molecule has 1 aromatic rings. The maximum absolute atomic E-state index is 12.3. The van der Waals surface area contributed by atoms with Gasteiger partial charge in [0.05, 0.1) is 24.3 Å². The van der Waals surface area contributed by atoms with E-state index in [0.717, 1.165) is 37.8 Å². The summed E-state index contributed by atoms with van der Waals surface area (Å²) in [7, 11) is -4.73. The Labute approximate surface area is 217 Å². The van der Waals surface area contributed by atoms with Gasteiger partial charge in [0.15, 0.2) is 0 Å². The first-order valence-electron chi connectivity index (χ1n) is 9.55. The molecule has 0 aliphatic rings. The van der Waals surface area contributed by atoms with Gasteiger partial charge < -0.3 is 10.9 Å². The number of esters is 2. The van der Waals surface area contributed by atoms with Gasteiger partial charge >= 0.3 is 63.3 Å². The van der Waals surface area contributed by atoms with Gasteiger partial charge in [-0.2, -0.15) is 8.42 Å². The summed E-state index contributed by atoms with van der Waals surface area (Å²) in [5.74, 6) is -1.28. The van der Waals surface area contributed by atoms with E-state index in [0.29, 0.717) is 0 Å². The van der Waals surface area contributed by atoms with Crippen LogP contribution in [0.15, 0.2) is 23.1 Å². The molecule has 0 aliphatic heterocycles. The smallest absolute Gasteiger partial charge is 1.00 e. The van der Waals surface area contributed by atoms with Crippen molar-refractivity contribution in [2.24, 2.45) is 11.8 Å². The third kappa shape index (κ3) is 10.0. The summed E-state index contributed by atoms with van der Waals surface area (Å²) < 4.78 is 43.3. The molecule has 0 spiro atoms. The molecule has 1 N–H and O–H groups in total. The van der Waals surface area contributed by atoms with Crippen molar-refractivity contribution in [3.8, 4) is 0 Å². The van der Waals surface area contributed by atoms with E-state index in [-0.39, 0.29) is 89.0 Å². The summed E-state index contributed by atoms with van der Waals surface area (Å²) in [5.41, 5.74) is -0.380. The standard InChI is InChI=1S/C20H30O7S.K.H/c1-5-7-14(3)12-26-19(21)16-9-10-17(18(11-16)28(23,24)25)20(22)27-13-15(4)8-6-2;;/h9-11,14-15H,5-8,12-13H2,1-4H3,(H,23,24,25);;/q;+1;-1. The zero-order valence-electron chi connectivity index (χ0n) is 18.9. The van der Waals surface area contributed by atoms with Gasteiger partial charge in [-0.1, -0.05) is 40.5 Å². The van der Waals surface area contributed by atoms with Gasteiger partial charge in [-0.25, -0.2) is 9.59 Å². The normalized spacial score (nSPS) is 13.1. The molecule has 7 nitrogen and oxygen atoms in total. The van der Waals surface area contributed by atoms with Crippen LogP contribution in [-0.4, -0.2) is 38.1 Å². The molecule has 0 saturated carbocycles. The van der Waals surface area contributed by atoms with Crippen molar-refractivity contribution in [2.45, 2.75) is 58.3 Å². The van der Waals surface area contributed by atoms with E-state index in [1.165, 1.54) is 6.07 Å². The predicted octanol–water partition coefficient (Wildman–Crippen LogP) is 1.24. The maximum Gasteiger partial charge on any atom is 1.00 e. The molecule has 2 atom stereocenters. The molecule has 0 aromatic heterocycles. The number of carbonyl (C=O) groups is 2. The molecule has 1 aromatic carbocycles. The zero-order valence-corrected chi connectivity index (χ0v) is 21.9. The Morgan fingerprint density at radius 1 is 1.00 bits per heavy atom. The average molecular weight is 455 g/mol. The molecule has 0 heterocycles. The van der Waals surface area contributed by atoms with Crippen molar-refractivity contribution in [3.63, 3.8) is 0 Å². The number of hydrogen-bond acceptors (Lipinski definition) is 6.